The molecule has 8 heteroatoms. The summed E-state index contributed by atoms with van der Waals surface area (Å²) >= 11 is 0. The zero-order valence-electron chi connectivity index (χ0n) is 59.7. The lowest BCUT2D eigenvalue weighted by Crippen LogP contribution is -2.68. The van der Waals surface area contributed by atoms with Gasteiger partial charge in [0.2, 0.25) is 0 Å². The molecule has 0 N–H and O–H groups in total. The van der Waals surface area contributed by atoms with Crippen molar-refractivity contribution in [3.63, 3.8) is 0 Å². The summed E-state index contributed by atoms with van der Waals surface area (Å²) in [4.78, 5) is 6.05. The highest BCUT2D eigenvalue weighted by atomic mass is 16.5. The van der Waals surface area contributed by atoms with Crippen molar-refractivity contribution in [3.8, 4) is 11.4 Å². The van der Waals surface area contributed by atoms with Crippen LogP contribution in [0.2, 0.25) is 0 Å². The molecule has 9 fully saturated rings. The molecule has 23 rings (SSSR count). The fraction of sp³-hybridized carbons (Fsp3) is 0.375. The van der Waals surface area contributed by atoms with Crippen molar-refractivity contribution in [2.45, 2.75) is 176 Å². The number of morpholine rings is 2. The van der Waals surface area contributed by atoms with Gasteiger partial charge >= 0.3 is 0 Å². The number of hydrogen-bond donors (Lipinski definition) is 0. The van der Waals surface area contributed by atoms with Crippen LogP contribution in [-0.4, -0.2) is 66.9 Å². The summed E-state index contributed by atoms with van der Waals surface area (Å²) in [5.74, 6) is 4.60. The van der Waals surface area contributed by atoms with Gasteiger partial charge in [-0.3, -0.25) is 0 Å². The number of fused-ring (bicyclic) bond motifs is 24. The Labute approximate surface area is 610 Å². The molecule has 10 aromatic carbocycles. The van der Waals surface area contributed by atoms with E-state index in [1.807, 2.05) is 0 Å². The van der Waals surface area contributed by atoms with Crippen LogP contribution in [0.15, 0.2) is 243 Å². The summed E-state index contributed by atoms with van der Waals surface area (Å²) in [7, 11) is 0. The first-order valence-corrected chi connectivity index (χ1v) is 40.6. The van der Waals surface area contributed by atoms with E-state index in [0.717, 1.165) is 0 Å². The number of benzene rings is 10. The molecule has 0 radical (unpaired) electrons. The van der Waals surface area contributed by atoms with Gasteiger partial charge in [0.1, 0.15) is 0 Å². The molecule has 14 aromatic rings. The topological polar surface area (TPSA) is 44.7 Å². The minimum absolute atomic E-state index is 0.214. The first kappa shape index (κ1) is 61.2. The molecule has 18 atom stereocenters. The summed E-state index contributed by atoms with van der Waals surface area (Å²) in [5.41, 5.74) is 16.0. The third-order valence-electron chi connectivity index (χ3n) is 29.4. The fourth-order valence-corrected chi connectivity index (χ4v) is 25.7. The predicted molar refractivity (Wildman–Crippen MR) is 427 cm³/mol. The van der Waals surface area contributed by atoms with Crippen LogP contribution in [0.3, 0.4) is 0 Å². The van der Waals surface area contributed by atoms with Gasteiger partial charge in [0.25, 0.3) is 0 Å². The van der Waals surface area contributed by atoms with Crippen LogP contribution >= 0.6 is 0 Å². The molecule has 7 aliphatic carbocycles. The van der Waals surface area contributed by atoms with E-state index >= 15 is 0 Å². The highest BCUT2D eigenvalue weighted by Crippen LogP contribution is 2.65. The van der Waals surface area contributed by atoms with Crippen molar-refractivity contribution < 1.29 is 9.47 Å². The van der Waals surface area contributed by atoms with Crippen molar-refractivity contribution in [1.82, 2.24) is 18.3 Å². The SMILES string of the molecule is c1ccc(N2C3CCCCC3OC3CC4C5CCC(n6c7ccccc7c7cc(-n8c9ccccc9c9ccccc98)ccc76)CC5C5CC(n6c7ccccc7c7cc(-n8c9ccccc9c9ccccc98)ccc76)CCC5C5CC6OC7CCCCC7N(c7ccccc7)C6CC5C4CC32)cc1. The molecule has 0 spiro atoms. The molecule has 2 aliphatic heterocycles. The molecule has 0 amide bonds. The van der Waals surface area contributed by atoms with Gasteiger partial charge in [-0.2, -0.15) is 0 Å². The maximum absolute atomic E-state index is 7.91. The molecule has 7 saturated carbocycles. The maximum Gasteiger partial charge on any atom is 0.0786 e. The lowest BCUT2D eigenvalue weighted by atomic mass is 9.46. The Hall–Kier alpha value is -9.08. The molecule has 2 saturated heterocycles. The molecular weight excluding hydrogens is 1270 g/mol. The Balaban J connectivity index is 0.697. The number of aromatic nitrogens is 4. The van der Waals surface area contributed by atoms with E-state index < -0.39 is 0 Å². The number of nitrogens with zero attached hydrogens (tertiary/aromatic N) is 6. The molecular formula is C96H94N6O2. The van der Waals surface area contributed by atoms with Crippen molar-refractivity contribution in [3.05, 3.63) is 243 Å². The van der Waals surface area contributed by atoms with E-state index in [1.54, 1.807) is 0 Å². The number of hydrogen-bond acceptors (Lipinski definition) is 4. The van der Waals surface area contributed by atoms with E-state index in [1.165, 1.54) is 226 Å². The number of rotatable bonds is 6. The van der Waals surface area contributed by atoms with Crippen molar-refractivity contribution in [2.24, 2.45) is 47.3 Å². The molecule has 9 aliphatic rings. The van der Waals surface area contributed by atoms with Gasteiger partial charge < -0.3 is 37.5 Å². The van der Waals surface area contributed by atoms with Gasteiger partial charge in [0, 0.05) is 100.0 Å². The zero-order valence-corrected chi connectivity index (χ0v) is 59.7. The van der Waals surface area contributed by atoms with Gasteiger partial charge in [0.05, 0.1) is 70.7 Å². The summed E-state index contributed by atoms with van der Waals surface area (Å²) in [6, 6.07) is 96.2. The zero-order chi connectivity index (χ0) is 67.8. The van der Waals surface area contributed by atoms with Crippen molar-refractivity contribution in [2.75, 3.05) is 9.80 Å². The predicted octanol–water partition coefficient (Wildman–Crippen LogP) is 22.9. The molecule has 0 bridgehead atoms. The normalized spacial score (nSPS) is 31.2. The molecule has 18 unspecified atom stereocenters. The van der Waals surface area contributed by atoms with Gasteiger partial charge in [-0.05, 0) is 234 Å². The minimum atomic E-state index is 0.214. The second kappa shape index (κ2) is 24.2. The standard InChI is InChI=1S/C96H94N6O2/c1-3-23-59(24-4-1)97-89-39-19-21-41-93(89)103-95-57-77-65-47-43-61(101-85-37-17-11-31-71(85)79-53-63(45-49-87(79)101)99-81-33-13-7-27-67(81)68-28-8-14-34-82(68)99)51-73(65)74-52-62(102-86-38-18-12-32-72(86)80-54-64(46-50-88(80)102)100-83-35-15-9-29-69(83)70-30-10-16-36-84(70)100)44-48-66(74)78-58-96-92(56-76(78)75(77)55-91(95)97)98(60-25-5-2-6-26-60)90-40-20-22-42-94(90)104-96/h1-18,23-38,45-46,49-50,53-54,61-62,65-66,73-78,89-96H,19-22,39-44,47-48,51-52,55-58H2. The molecule has 4 aromatic heterocycles. The Morgan fingerprint density at radius 1 is 0.221 bits per heavy atom. The molecule has 104 heavy (non-hydrogen) atoms. The van der Waals surface area contributed by atoms with E-state index in [9.17, 15) is 0 Å². The van der Waals surface area contributed by atoms with Gasteiger partial charge in [-0.15, -0.1) is 0 Å². The minimum Gasteiger partial charge on any atom is -0.371 e. The molecule has 8 nitrogen and oxygen atoms in total. The summed E-state index contributed by atoms with van der Waals surface area (Å²) in [6.45, 7) is 0. The summed E-state index contributed by atoms with van der Waals surface area (Å²) in [6.07, 6.45) is 23.1. The quantitative estimate of drug-likeness (QED) is 0.156. The van der Waals surface area contributed by atoms with E-state index in [0.29, 0.717) is 83.6 Å². The molecule has 6 heterocycles. The van der Waals surface area contributed by atoms with Crippen LogP contribution in [0.4, 0.5) is 11.4 Å². The fourth-order valence-electron chi connectivity index (χ4n) is 25.7. The van der Waals surface area contributed by atoms with Gasteiger partial charge in [-0.25, -0.2) is 0 Å². The Kier molecular flexibility index (Phi) is 14.3. The largest absolute Gasteiger partial charge is 0.371 e. The second-order valence-electron chi connectivity index (χ2n) is 33.9. The van der Waals surface area contributed by atoms with Crippen LogP contribution in [-0.2, 0) is 9.47 Å². The average Bonchev–Trinajstić information content (AvgIpc) is 1.08. The van der Waals surface area contributed by atoms with Gasteiger partial charge in [-0.1, -0.05) is 171 Å². The Bertz CT molecular complexity index is 5190. The number of ether oxygens (including phenoxy) is 2. The van der Waals surface area contributed by atoms with Crippen LogP contribution < -0.4 is 9.80 Å². The Morgan fingerprint density at radius 3 is 0.933 bits per heavy atom. The lowest BCUT2D eigenvalue weighted by Gasteiger charge is -2.65. The van der Waals surface area contributed by atoms with Crippen LogP contribution in [0.1, 0.15) is 128 Å². The highest BCUT2D eigenvalue weighted by molar-refractivity contribution is 6.13. The van der Waals surface area contributed by atoms with Gasteiger partial charge in [0.15, 0.2) is 0 Å². The smallest absolute Gasteiger partial charge is 0.0786 e. The first-order valence-electron chi connectivity index (χ1n) is 40.6. The molecule has 520 valence electrons. The second-order valence-corrected chi connectivity index (χ2v) is 33.9. The maximum atomic E-state index is 7.91. The highest BCUT2D eigenvalue weighted by Gasteiger charge is 2.62. The summed E-state index contributed by atoms with van der Waals surface area (Å²) in [5, 5.41) is 10.7. The van der Waals surface area contributed by atoms with E-state index in [-0.39, 0.29) is 24.4 Å². The van der Waals surface area contributed by atoms with E-state index in [4.69, 9.17) is 9.47 Å². The average molecular weight is 1360 g/mol. The number of para-hydroxylation sites is 8. The van der Waals surface area contributed by atoms with Crippen LogP contribution in [0, 0.1) is 47.3 Å². The van der Waals surface area contributed by atoms with E-state index in [2.05, 4.69) is 271 Å². The van der Waals surface area contributed by atoms with Crippen LogP contribution in [0.25, 0.3) is 98.6 Å². The van der Waals surface area contributed by atoms with Crippen molar-refractivity contribution >= 4 is 98.6 Å². The third kappa shape index (κ3) is 9.28. The first-order chi connectivity index (χ1) is 51.6. The van der Waals surface area contributed by atoms with Crippen molar-refractivity contribution in [1.29, 1.82) is 0 Å². The Morgan fingerprint density at radius 2 is 0.538 bits per heavy atom. The van der Waals surface area contributed by atoms with Crippen LogP contribution in [0.5, 0.6) is 0 Å². The number of anilines is 2. The third-order valence-corrected chi connectivity index (χ3v) is 29.4. The lowest BCUT2D eigenvalue weighted by molar-refractivity contribution is -0.173. The monoisotopic (exact) mass is 1360 g/mol. The summed E-state index contributed by atoms with van der Waals surface area (Å²) < 4.78 is 26.7.